The van der Waals surface area contributed by atoms with Gasteiger partial charge >= 0.3 is 0 Å². The van der Waals surface area contributed by atoms with Gasteiger partial charge in [0.2, 0.25) is 5.91 Å². The topological polar surface area (TPSA) is 55.1 Å². The van der Waals surface area contributed by atoms with Crippen LogP contribution in [0.3, 0.4) is 0 Å². The second kappa shape index (κ2) is 8.42. The van der Waals surface area contributed by atoms with Gasteiger partial charge in [0, 0.05) is 6.54 Å². The van der Waals surface area contributed by atoms with E-state index < -0.39 is 0 Å². The fourth-order valence-electron chi connectivity index (χ4n) is 2.45. The van der Waals surface area contributed by atoms with Gasteiger partial charge in [0.1, 0.15) is 0 Å². The number of unbranched alkanes of at least 4 members (excludes halogenated alkanes) is 3. The van der Waals surface area contributed by atoms with Crippen LogP contribution in [0.25, 0.3) is 10.8 Å². The van der Waals surface area contributed by atoms with Crippen LogP contribution in [0.15, 0.2) is 42.5 Å². The number of hydrogen-bond acceptors (Lipinski definition) is 2. The van der Waals surface area contributed by atoms with Crippen molar-refractivity contribution in [3.8, 4) is 0 Å². The molecule has 0 aliphatic rings. The quantitative estimate of drug-likeness (QED) is 0.732. The molecule has 3 heteroatoms. The van der Waals surface area contributed by atoms with Crippen LogP contribution in [0.5, 0.6) is 0 Å². The highest BCUT2D eigenvalue weighted by Crippen LogP contribution is 2.15. The summed E-state index contributed by atoms with van der Waals surface area (Å²) in [6.07, 6.45) is 4.84. The van der Waals surface area contributed by atoms with E-state index in [0.717, 1.165) is 44.3 Å². The number of carbonyl (C=O) groups excluding carboxylic acids is 1. The van der Waals surface area contributed by atoms with Gasteiger partial charge < -0.3 is 11.1 Å². The van der Waals surface area contributed by atoms with E-state index in [9.17, 15) is 4.79 Å². The van der Waals surface area contributed by atoms with Crippen molar-refractivity contribution >= 4 is 16.7 Å². The van der Waals surface area contributed by atoms with E-state index in [2.05, 4.69) is 29.6 Å². The van der Waals surface area contributed by atoms with Crippen molar-refractivity contribution in [3.63, 3.8) is 0 Å². The van der Waals surface area contributed by atoms with E-state index in [1.54, 1.807) is 0 Å². The highest BCUT2D eigenvalue weighted by Gasteiger charge is 2.03. The normalized spacial score (nSPS) is 10.7. The zero-order valence-electron chi connectivity index (χ0n) is 12.5. The Morgan fingerprint density at radius 2 is 1.71 bits per heavy atom. The third-order valence-electron chi connectivity index (χ3n) is 3.63. The predicted molar refractivity (Wildman–Crippen MR) is 88.2 cm³/mol. The maximum atomic E-state index is 11.9. The number of hydrogen-bond donors (Lipinski definition) is 2. The Bertz CT molecular complexity index is 580. The molecule has 112 valence electrons. The lowest BCUT2D eigenvalue weighted by molar-refractivity contribution is -0.120. The molecule has 0 saturated carbocycles. The summed E-state index contributed by atoms with van der Waals surface area (Å²) >= 11 is 0. The molecule has 0 saturated heterocycles. The Morgan fingerprint density at radius 1 is 0.952 bits per heavy atom. The van der Waals surface area contributed by atoms with Crippen LogP contribution < -0.4 is 11.1 Å². The van der Waals surface area contributed by atoms with Crippen molar-refractivity contribution in [3.05, 3.63) is 48.0 Å². The van der Waals surface area contributed by atoms with Gasteiger partial charge in [0.05, 0.1) is 6.42 Å². The molecule has 0 fully saturated rings. The zero-order chi connectivity index (χ0) is 14.9. The maximum Gasteiger partial charge on any atom is 0.224 e. The van der Waals surface area contributed by atoms with Gasteiger partial charge in [-0.3, -0.25) is 4.79 Å². The number of carbonyl (C=O) groups is 1. The molecule has 0 bridgehead atoms. The van der Waals surface area contributed by atoms with Crippen LogP contribution in [-0.4, -0.2) is 19.0 Å². The van der Waals surface area contributed by atoms with Crippen LogP contribution >= 0.6 is 0 Å². The lowest BCUT2D eigenvalue weighted by Gasteiger charge is -2.06. The summed E-state index contributed by atoms with van der Waals surface area (Å²) < 4.78 is 0. The first kappa shape index (κ1) is 15.5. The number of rotatable bonds is 8. The largest absolute Gasteiger partial charge is 0.356 e. The molecule has 0 radical (unpaired) electrons. The minimum absolute atomic E-state index is 0.101. The number of fused-ring (bicyclic) bond motifs is 1. The van der Waals surface area contributed by atoms with Crippen LogP contribution in [0.4, 0.5) is 0 Å². The highest BCUT2D eigenvalue weighted by molar-refractivity contribution is 5.85. The first-order chi connectivity index (χ1) is 10.3. The molecular formula is C18H24N2O. The third kappa shape index (κ3) is 5.20. The summed E-state index contributed by atoms with van der Waals surface area (Å²) in [5.41, 5.74) is 6.51. The molecule has 2 rings (SSSR count). The van der Waals surface area contributed by atoms with Crippen molar-refractivity contribution in [2.24, 2.45) is 5.73 Å². The van der Waals surface area contributed by atoms with E-state index in [4.69, 9.17) is 5.73 Å². The minimum Gasteiger partial charge on any atom is -0.356 e. The SMILES string of the molecule is NCCCCCCNC(=O)Cc1ccc2ccccc2c1. The van der Waals surface area contributed by atoms with Crippen LogP contribution in [0.1, 0.15) is 31.2 Å². The van der Waals surface area contributed by atoms with Crippen molar-refractivity contribution in [2.45, 2.75) is 32.1 Å². The van der Waals surface area contributed by atoms with Gasteiger partial charge in [-0.2, -0.15) is 0 Å². The number of nitrogens with one attached hydrogen (secondary N) is 1. The fraction of sp³-hybridized carbons (Fsp3) is 0.389. The summed E-state index contributed by atoms with van der Waals surface area (Å²) in [6, 6.07) is 14.4. The Kier molecular flexibility index (Phi) is 6.22. The lowest BCUT2D eigenvalue weighted by atomic mass is 10.0. The second-order valence-electron chi connectivity index (χ2n) is 5.41. The predicted octanol–water partition coefficient (Wildman–Crippen LogP) is 3.02. The standard InChI is InChI=1S/C18H24N2O/c19-11-5-1-2-6-12-20-18(21)14-15-9-10-16-7-3-4-8-17(16)13-15/h3-4,7-10,13H,1-2,5-6,11-12,14,19H2,(H,20,21). The van der Waals surface area contributed by atoms with Crippen molar-refractivity contribution in [1.29, 1.82) is 0 Å². The van der Waals surface area contributed by atoms with Crippen molar-refractivity contribution < 1.29 is 4.79 Å². The van der Waals surface area contributed by atoms with E-state index in [1.807, 2.05) is 18.2 Å². The Labute approximate surface area is 126 Å². The van der Waals surface area contributed by atoms with E-state index in [1.165, 1.54) is 10.8 Å². The smallest absolute Gasteiger partial charge is 0.224 e. The first-order valence-electron chi connectivity index (χ1n) is 7.74. The molecule has 2 aromatic carbocycles. The molecule has 0 spiro atoms. The van der Waals surface area contributed by atoms with Crippen LogP contribution in [0, 0.1) is 0 Å². The minimum atomic E-state index is 0.101. The van der Waals surface area contributed by atoms with E-state index >= 15 is 0 Å². The van der Waals surface area contributed by atoms with Crippen molar-refractivity contribution in [1.82, 2.24) is 5.32 Å². The van der Waals surface area contributed by atoms with Gasteiger partial charge in [0.25, 0.3) is 0 Å². The Hall–Kier alpha value is -1.87. The third-order valence-corrected chi connectivity index (χ3v) is 3.63. The molecule has 0 unspecified atom stereocenters. The Balaban J connectivity index is 1.76. The summed E-state index contributed by atoms with van der Waals surface area (Å²) in [5.74, 6) is 0.101. The molecule has 3 nitrogen and oxygen atoms in total. The highest BCUT2D eigenvalue weighted by atomic mass is 16.1. The Morgan fingerprint density at radius 3 is 2.52 bits per heavy atom. The summed E-state index contributed by atoms with van der Waals surface area (Å²) in [5, 5.41) is 5.38. The fourth-order valence-corrected chi connectivity index (χ4v) is 2.45. The second-order valence-corrected chi connectivity index (χ2v) is 5.41. The molecule has 0 heterocycles. The van der Waals surface area contributed by atoms with Crippen molar-refractivity contribution in [2.75, 3.05) is 13.1 Å². The molecule has 1 amide bonds. The zero-order valence-corrected chi connectivity index (χ0v) is 12.5. The van der Waals surface area contributed by atoms with Gasteiger partial charge in [-0.15, -0.1) is 0 Å². The summed E-state index contributed by atoms with van der Waals surface area (Å²) in [7, 11) is 0. The molecule has 2 aromatic rings. The summed E-state index contributed by atoms with van der Waals surface area (Å²) in [6.45, 7) is 1.52. The van der Waals surface area contributed by atoms with E-state index in [0.29, 0.717) is 6.42 Å². The molecule has 0 aliphatic carbocycles. The van der Waals surface area contributed by atoms with E-state index in [-0.39, 0.29) is 5.91 Å². The maximum absolute atomic E-state index is 11.9. The number of nitrogens with two attached hydrogens (primary N) is 1. The van der Waals surface area contributed by atoms with Crippen LogP contribution in [0.2, 0.25) is 0 Å². The van der Waals surface area contributed by atoms with Gasteiger partial charge in [0.15, 0.2) is 0 Å². The van der Waals surface area contributed by atoms with Gasteiger partial charge in [-0.1, -0.05) is 55.3 Å². The molecule has 0 atom stereocenters. The lowest BCUT2D eigenvalue weighted by Crippen LogP contribution is -2.26. The number of benzene rings is 2. The average molecular weight is 284 g/mol. The monoisotopic (exact) mass is 284 g/mol. The average Bonchev–Trinajstić information content (AvgIpc) is 2.50. The molecular weight excluding hydrogens is 260 g/mol. The summed E-state index contributed by atoms with van der Waals surface area (Å²) in [4.78, 5) is 11.9. The molecule has 21 heavy (non-hydrogen) atoms. The van der Waals surface area contributed by atoms with Gasteiger partial charge in [-0.25, -0.2) is 0 Å². The molecule has 3 N–H and O–H groups in total. The molecule has 0 aromatic heterocycles. The van der Waals surface area contributed by atoms with Gasteiger partial charge in [-0.05, 0) is 35.7 Å². The number of amides is 1. The molecule has 0 aliphatic heterocycles. The first-order valence-corrected chi connectivity index (χ1v) is 7.74. The van der Waals surface area contributed by atoms with Crippen LogP contribution in [-0.2, 0) is 11.2 Å².